The highest BCUT2D eigenvalue weighted by molar-refractivity contribution is 5.63. The van der Waals surface area contributed by atoms with Crippen LogP contribution in [0.1, 0.15) is 48.8 Å². The number of aromatic amines is 1. The summed E-state index contributed by atoms with van der Waals surface area (Å²) < 4.78 is 16.0. The predicted octanol–water partition coefficient (Wildman–Crippen LogP) is 4.07. The van der Waals surface area contributed by atoms with Crippen LogP contribution >= 0.6 is 0 Å². The summed E-state index contributed by atoms with van der Waals surface area (Å²) in [6, 6.07) is 15.5. The molecular formula is C27H28FN5O2. The Morgan fingerprint density at radius 3 is 2.66 bits per heavy atom. The molecule has 1 aliphatic carbocycles. The summed E-state index contributed by atoms with van der Waals surface area (Å²) in [7, 11) is 0. The van der Waals surface area contributed by atoms with Gasteiger partial charge in [0, 0.05) is 18.7 Å². The third-order valence-corrected chi connectivity index (χ3v) is 6.34. The van der Waals surface area contributed by atoms with Crippen LogP contribution in [0.15, 0.2) is 69.8 Å². The number of nitriles is 1. The molecule has 0 unspecified atom stereocenters. The SMILES string of the molecule is N#Cc1ccc(F)c(CN(CCC2=CCCCC2)c2c(N)n(Cc3ccccc3)c(=O)[nH]c2=O)c1. The molecule has 1 aromatic heterocycles. The second-order valence-electron chi connectivity index (χ2n) is 8.76. The number of H-pyrrole nitrogens is 1. The largest absolute Gasteiger partial charge is 0.383 e. The fourth-order valence-electron chi connectivity index (χ4n) is 4.46. The lowest BCUT2D eigenvalue weighted by Crippen LogP contribution is -2.39. The van der Waals surface area contributed by atoms with E-state index in [1.165, 1.54) is 28.3 Å². The van der Waals surface area contributed by atoms with Gasteiger partial charge in [-0.25, -0.2) is 9.18 Å². The van der Waals surface area contributed by atoms with E-state index in [1.807, 2.05) is 36.4 Å². The van der Waals surface area contributed by atoms with Gasteiger partial charge in [-0.05, 0) is 55.9 Å². The average Bonchev–Trinajstić information content (AvgIpc) is 2.87. The predicted molar refractivity (Wildman–Crippen MR) is 135 cm³/mol. The molecule has 0 spiro atoms. The molecule has 0 atom stereocenters. The van der Waals surface area contributed by atoms with Gasteiger partial charge >= 0.3 is 5.69 Å². The van der Waals surface area contributed by atoms with Crippen molar-refractivity contribution < 1.29 is 4.39 Å². The van der Waals surface area contributed by atoms with Gasteiger partial charge in [-0.15, -0.1) is 0 Å². The Hall–Kier alpha value is -4.12. The highest BCUT2D eigenvalue weighted by Gasteiger charge is 2.21. The number of nitrogens with one attached hydrogen (secondary N) is 1. The molecule has 180 valence electrons. The molecule has 0 saturated heterocycles. The topological polar surface area (TPSA) is 108 Å². The summed E-state index contributed by atoms with van der Waals surface area (Å²) in [6.07, 6.45) is 7.22. The maximum absolute atomic E-state index is 14.7. The molecule has 3 aromatic rings. The summed E-state index contributed by atoms with van der Waals surface area (Å²) >= 11 is 0. The van der Waals surface area contributed by atoms with Gasteiger partial charge in [-0.1, -0.05) is 42.0 Å². The van der Waals surface area contributed by atoms with Crippen molar-refractivity contribution >= 4 is 11.5 Å². The third-order valence-electron chi connectivity index (χ3n) is 6.34. The van der Waals surface area contributed by atoms with Crippen LogP contribution in [0, 0.1) is 17.1 Å². The third kappa shape index (κ3) is 5.69. The smallest absolute Gasteiger partial charge is 0.330 e. The van der Waals surface area contributed by atoms with Crippen LogP contribution in [0.4, 0.5) is 15.9 Å². The molecule has 0 bridgehead atoms. The first-order valence-electron chi connectivity index (χ1n) is 11.7. The first-order chi connectivity index (χ1) is 17.0. The van der Waals surface area contributed by atoms with Gasteiger partial charge in [0.15, 0.2) is 0 Å². The molecule has 2 aromatic carbocycles. The van der Waals surface area contributed by atoms with Crippen molar-refractivity contribution in [2.24, 2.45) is 0 Å². The minimum absolute atomic E-state index is 0.0251. The Bertz CT molecular complexity index is 1390. The zero-order chi connectivity index (χ0) is 24.8. The number of allylic oxidation sites excluding steroid dienone is 1. The van der Waals surface area contributed by atoms with E-state index in [-0.39, 0.29) is 30.2 Å². The lowest BCUT2D eigenvalue weighted by atomic mass is 9.97. The minimum atomic E-state index is -0.619. The Balaban J connectivity index is 1.75. The number of halogens is 1. The van der Waals surface area contributed by atoms with Crippen molar-refractivity contribution in [1.82, 2.24) is 9.55 Å². The number of benzene rings is 2. The zero-order valence-electron chi connectivity index (χ0n) is 19.5. The van der Waals surface area contributed by atoms with Gasteiger partial charge < -0.3 is 10.6 Å². The Morgan fingerprint density at radius 1 is 1.14 bits per heavy atom. The summed E-state index contributed by atoms with van der Waals surface area (Å²) in [5.74, 6) is -0.449. The number of aromatic nitrogens is 2. The van der Waals surface area contributed by atoms with Crippen molar-refractivity contribution in [3.05, 3.63) is 104 Å². The van der Waals surface area contributed by atoms with Crippen LogP contribution < -0.4 is 21.9 Å². The Morgan fingerprint density at radius 2 is 1.94 bits per heavy atom. The molecule has 0 amide bonds. The monoisotopic (exact) mass is 473 g/mol. The fourth-order valence-corrected chi connectivity index (χ4v) is 4.46. The Labute approximate surface area is 202 Å². The molecule has 0 aliphatic heterocycles. The van der Waals surface area contributed by atoms with Gasteiger partial charge in [0.1, 0.15) is 17.3 Å². The van der Waals surface area contributed by atoms with Crippen LogP contribution in [-0.2, 0) is 13.1 Å². The second kappa shape index (κ2) is 10.9. The standard InChI is InChI=1S/C27H28FN5O2/c28-23-12-11-21(16-29)15-22(23)18-32(14-13-19-7-3-1-4-8-19)24-25(30)33(27(35)31-26(24)34)17-20-9-5-2-6-10-20/h2,5-7,9-12,15H,1,3-4,8,13-14,17-18,30H2,(H,31,34,35). The van der Waals surface area contributed by atoms with Crippen LogP contribution in [0.5, 0.6) is 0 Å². The maximum atomic E-state index is 14.7. The van der Waals surface area contributed by atoms with E-state index in [9.17, 15) is 19.2 Å². The molecule has 1 aliphatic rings. The minimum Gasteiger partial charge on any atom is -0.383 e. The van der Waals surface area contributed by atoms with Crippen molar-refractivity contribution in [1.29, 1.82) is 5.26 Å². The van der Waals surface area contributed by atoms with E-state index in [2.05, 4.69) is 11.1 Å². The molecule has 3 N–H and O–H groups in total. The van der Waals surface area contributed by atoms with Crippen LogP contribution in [-0.4, -0.2) is 16.1 Å². The number of nitrogens with two attached hydrogens (primary N) is 1. The number of anilines is 2. The fraction of sp³-hybridized carbons (Fsp3) is 0.296. The molecule has 8 heteroatoms. The van der Waals surface area contributed by atoms with Crippen LogP contribution in [0.3, 0.4) is 0 Å². The molecule has 1 heterocycles. The van der Waals surface area contributed by atoms with Crippen molar-refractivity contribution in [3.8, 4) is 6.07 Å². The molecule has 0 fully saturated rings. The first-order valence-corrected chi connectivity index (χ1v) is 11.7. The van der Waals surface area contributed by atoms with Crippen LogP contribution in [0.25, 0.3) is 0 Å². The lowest BCUT2D eigenvalue weighted by Gasteiger charge is -2.27. The number of nitrogen functional groups attached to an aromatic ring is 1. The van der Waals surface area contributed by atoms with E-state index >= 15 is 0 Å². The van der Waals surface area contributed by atoms with Crippen LogP contribution in [0.2, 0.25) is 0 Å². The molecule has 7 nitrogen and oxygen atoms in total. The zero-order valence-corrected chi connectivity index (χ0v) is 19.5. The molecule has 4 rings (SSSR count). The van der Waals surface area contributed by atoms with E-state index in [1.54, 1.807) is 4.90 Å². The number of hydrogen-bond acceptors (Lipinski definition) is 5. The van der Waals surface area contributed by atoms with Gasteiger partial charge in [0.05, 0.1) is 18.2 Å². The summed E-state index contributed by atoms with van der Waals surface area (Å²) in [5, 5.41) is 9.27. The van der Waals surface area contributed by atoms with E-state index < -0.39 is 17.1 Å². The second-order valence-corrected chi connectivity index (χ2v) is 8.76. The summed E-state index contributed by atoms with van der Waals surface area (Å²) in [6.45, 7) is 0.636. The number of rotatable bonds is 8. The first kappa shape index (κ1) is 24.0. The Kier molecular flexibility index (Phi) is 7.46. The maximum Gasteiger partial charge on any atom is 0.330 e. The normalized spacial score (nSPS) is 13.2. The summed E-state index contributed by atoms with van der Waals surface area (Å²) in [4.78, 5) is 29.7. The van der Waals surface area contributed by atoms with Crippen molar-refractivity contribution in [3.63, 3.8) is 0 Å². The van der Waals surface area contributed by atoms with E-state index in [4.69, 9.17) is 5.73 Å². The van der Waals surface area contributed by atoms with Gasteiger partial charge in [-0.3, -0.25) is 14.3 Å². The highest BCUT2D eigenvalue weighted by atomic mass is 19.1. The van der Waals surface area contributed by atoms with E-state index in [0.29, 0.717) is 18.5 Å². The lowest BCUT2D eigenvalue weighted by molar-refractivity contribution is 0.600. The molecule has 0 saturated carbocycles. The molecule has 0 radical (unpaired) electrons. The summed E-state index contributed by atoms with van der Waals surface area (Å²) in [5.41, 5.74) is 8.08. The highest BCUT2D eigenvalue weighted by Crippen LogP contribution is 2.25. The number of hydrogen-bond donors (Lipinski definition) is 2. The average molecular weight is 474 g/mol. The molecular weight excluding hydrogens is 445 g/mol. The van der Waals surface area contributed by atoms with Gasteiger partial charge in [-0.2, -0.15) is 5.26 Å². The van der Waals surface area contributed by atoms with Gasteiger partial charge in [0.25, 0.3) is 5.56 Å². The van der Waals surface area contributed by atoms with E-state index in [0.717, 1.165) is 31.2 Å². The molecule has 35 heavy (non-hydrogen) atoms. The van der Waals surface area contributed by atoms with Gasteiger partial charge in [0.2, 0.25) is 0 Å². The quantitative estimate of drug-likeness (QED) is 0.480. The number of nitrogens with zero attached hydrogens (tertiary/aromatic N) is 3. The van der Waals surface area contributed by atoms with Crippen molar-refractivity contribution in [2.75, 3.05) is 17.2 Å². The van der Waals surface area contributed by atoms with Crippen molar-refractivity contribution in [2.45, 2.75) is 45.2 Å².